The van der Waals surface area contributed by atoms with Crippen LogP contribution in [0.5, 0.6) is 0 Å². The normalized spacial score (nSPS) is 16.1. The van der Waals surface area contributed by atoms with Crippen molar-refractivity contribution >= 4 is 23.4 Å². The Balaban J connectivity index is 1.74. The van der Waals surface area contributed by atoms with Crippen LogP contribution in [0, 0.1) is 0 Å². The molecule has 4 rings (SSSR count). The minimum Gasteiger partial charge on any atom is -0.324 e. The number of fused-ring (bicyclic) bond motifs is 1. The Bertz CT molecular complexity index is 894. The van der Waals surface area contributed by atoms with Crippen LogP contribution in [0.25, 0.3) is 5.70 Å². The van der Waals surface area contributed by atoms with Crippen LogP contribution in [0.4, 0.5) is 5.95 Å². The van der Waals surface area contributed by atoms with Gasteiger partial charge in [-0.3, -0.25) is 0 Å². The largest absolute Gasteiger partial charge is 0.324 e. The maximum Gasteiger partial charge on any atom is 0.226 e. The van der Waals surface area contributed by atoms with E-state index in [1.165, 1.54) is 16.0 Å². The van der Waals surface area contributed by atoms with Gasteiger partial charge in [0, 0.05) is 10.6 Å². The number of rotatable bonds is 4. The van der Waals surface area contributed by atoms with E-state index in [4.69, 9.17) is 0 Å². The summed E-state index contributed by atoms with van der Waals surface area (Å²) in [6.45, 7) is 2.17. The van der Waals surface area contributed by atoms with Gasteiger partial charge in [-0.15, -0.1) is 11.8 Å². The molecule has 0 bridgehead atoms. The van der Waals surface area contributed by atoms with Crippen molar-refractivity contribution < 1.29 is 0 Å². The Labute approximate surface area is 152 Å². The van der Waals surface area contributed by atoms with Crippen molar-refractivity contribution in [3.63, 3.8) is 0 Å². The molecule has 1 N–H and O–H groups in total. The van der Waals surface area contributed by atoms with Crippen molar-refractivity contribution in [2.75, 3.05) is 11.6 Å². The lowest BCUT2D eigenvalue weighted by Gasteiger charge is -2.24. The third-order valence-electron chi connectivity index (χ3n) is 4.54. The van der Waals surface area contributed by atoms with E-state index in [1.54, 1.807) is 18.1 Å². The molecule has 2 heterocycles. The Hall–Kier alpha value is -2.53. The highest BCUT2D eigenvalue weighted by atomic mass is 32.2. The Kier molecular flexibility index (Phi) is 4.32. The first-order valence-electron chi connectivity index (χ1n) is 8.40. The van der Waals surface area contributed by atoms with Gasteiger partial charge in [-0.05, 0) is 47.6 Å². The quantitative estimate of drug-likeness (QED) is 0.699. The van der Waals surface area contributed by atoms with Gasteiger partial charge >= 0.3 is 0 Å². The molecule has 1 aliphatic heterocycles. The molecule has 0 amide bonds. The molecule has 0 spiro atoms. The molecule has 2 aromatic carbocycles. The van der Waals surface area contributed by atoms with Crippen LogP contribution in [-0.4, -0.2) is 21.0 Å². The van der Waals surface area contributed by atoms with Crippen molar-refractivity contribution in [1.29, 1.82) is 0 Å². The van der Waals surface area contributed by atoms with Crippen LogP contribution in [0.3, 0.4) is 0 Å². The molecule has 0 aliphatic carbocycles. The predicted octanol–water partition coefficient (Wildman–Crippen LogP) is 4.62. The molecule has 5 heteroatoms. The standard InChI is InChI=1S/C20H20N4S/c1-3-14-4-6-15(7-5-14)18-12-19(24-20(23-18)21-13-22-24)16-8-10-17(25-2)11-9-16/h4-13,19H,3H2,1-2H3,(H,21,22,23)/t19-/m1/s1. The van der Waals surface area contributed by atoms with Gasteiger partial charge in [-0.1, -0.05) is 43.3 Å². The summed E-state index contributed by atoms with van der Waals surface area (Å²) in [7, 11) is 0. The molecule has 4 nitrogen and oxygen atoms in total. The van der Waals surface area contributed by atoms with Gasteiger partial charge in [-0.25, -0.2) is 4.68 Å². The first-order valence-corrected chi connectivity index (χ1v) is 9.62. The molecule has 25 heavy (non-hydrogen) atoms. The van der Waals surface area contributed by atoms with E-state index >= 15 is 0 Å². The van der Waals surface area contributed by atoms with Crippen molar-refractivity contribution in [3.05, 3.63) is 77.6 Å². The molecule has 126 valence electrons. The Morgan fingerprint density at radius 3 is 2.52 bits per heavy atom. The number of aryl methyl sites for hydroxylation is 1. The molecule has 0 radical (unpaired) electrons. The lowest BCUT2D eigenvalue weighted by molar-refractivity contribution is 0.611. The van der Waals surface area contributed by atoms with Crippen LogP contribution < -0.4 is 5.32 Å². The zero-order chi connectivity index (χ0) is 17.2. The summed E-state index contributed by atoms with van der Waals surface area (Å²) in [5.41, 5.74) is 4.78. The highest BCUT2D eigenvalue weighted by molar-refractivity contribution is 7.98. The average molecular weight is 348 g/mol. The number of hydrogen-bond acceptors (Lipinski definition) is 4. The topological polar surface area (TPSA) is 42.7 Å². The van der Waals surface area contributed by atoms with Gasteiger partial charge in [0.05, 0.1) is 0 Å². The molecular formula is C20H20N4S. The van der Waals surface area contributed by atoms with Crippen LogP contribution in [-0.2, 0) is 6.42 Å². The smallest absolute Gasteiger partial charge is 0.226 e. The van der Waals surface area contributed by atoms with Crippen LogP contribution in [0.2, 0.25) is 0 Å². The zero-order valence-corrected chi connectivity index (χ0v) is 15.1. The average Bonchev–Trinajstić information content (AvgIpc) is 3.16. The summed E-state index contributed by atoms with van der Waals surface area (Å²) in [5.74, 6) is 0.774. The molecule has 1 aromatic heterocycles. The molecule has 0 fully saturated rings. The maximum absolute atomic E-state index is 4.41. The number of benzene rings is 2. The molecule has 0 saturated carbocycles. The first kappa shape index (κ1) is 16.0. The molecule has 1 atom stereocenters. The third-order valence-corrected chi connectivity index (χ3v) is 5.28. The van der Waals surface area contributed by atoms with Crippen molar-refractivity contribution in [2.24, 2.45) is 0 Å². The molecule has 0 unspecified atom stereocenters. The highest BCUT2D eigenvalue weighted by Crippen LogP contribution is 2.32. The summed E-state index contributed by atoms with van der Waals surface area (Å²) in [6.07, 6.45) is 6.96. The number of aromatic nitrogens is 3. The fourth-order valence-electron chi connectivity index (χ4n) is 3.06. The van der Waals surface area contributed by atoms with E-state index in [-0.39, 0.29) is 6.04 Å². The summed E-state index contributed by atoms with van der Waals surface area (Å²) in [5, 5.41) is 7.81. The minimum absolute atomic E-state index is 0.0375. The van der Waals surface area contributed by atoms with E-state index in [0.29, 0.717) is 0 Å². The number of nitrogens with zero attached hydrogens (tertiary/aromatic N) is 3. The summed E-state index contributed by atoms with van der Waals surface area (Å²) in [4.78, 5) is 5.63. The lowest BCUT2D eigenvalue weighted by Crippen LogP contribution is -2.20. The number of thioether (sulfide) groups is 1. The van der Waals surface area contributed by atoms with Crippen molar-refractivity contribution in [1.82, 2.24) is 14.8 Å². The minimum atomic E-state index is 0.0375. The Morgan fingerprint density at radius 2 is 1.84 bits per heavy atom. The molecule has 1 aliphatic rings. The number of allylic oxidation sites excluding steroid dienone is 1. The van der Waals surface area contributed by atoms with Crippen LogP contribution >= 0.6 is 11.8 Å². The SMILES string of the molecule is CCc1ccc(C2=C[C@H](c3ccc(SC)cc3)n3ncnc3N2)cc1. The van der Waals surface area contributed by atoms with E-state index < -0.39 is 0 Å². The highest BCUT2D eigenvalue weighted by Gasteiger charge is 2.23. The van der Waals surface area contributed by atoms with Crippen LogP contribution in [0.1, 0.15) is 29.7 Å². The second kappa shape index (κ2) is 6.76. The maximum atomic E-state index is 4.41. The van der Waals surface area contributed by atoms with E-state index in [0.717, 1.165) is 23.6 Å². The van der Waals surface area contributed by atoms with E-state index in [1.807, 2.05) is 4.68 Å². The number of hydrogen-bond donors (Lipinski definition) is 1. The van der Waals surface area contributed by atoms with Crippen LogP contribution in [0.15, 0.2) is 65.8 Å². The molecule has 3 aromatic rings. The number of anilines is 1. The lowest BCUT2D eigenvalue weighted by atomic mass is 10.0. The van der Waals surface area contributed by atoms with Crippen molar-refractivity contribution in [2.45, 2.75) is 24.3 Å². The van der Waals surface area contributed by atoms with E-state index in [9.17, 15) is 0 Å². The fraction of sp³-hybridized carbons (Fsp3) is 0.200. The third kappa shape index (κ3) is 3.07. The van der Waals surface area contributed by atoms with Gasteiger partial charge in [-0.2, -0.15) is 10.1 Å². The van der Waals surface area contributed by atoms with E-state index in [2.05, 4.69) is 83.2 Å². The second-order valence-electron chi connectivity index (χ2n) is 6.00. The van der Waals surface area contributed by atoms with Gasteiger partial charge in [0.2, 0.25) is 5.95 Å². The monoisotopic (exact) mass is 348 g/mol. The molecule has 0 saturated heterocycles. The second-order valence-corrected chi connectivity index (χ2v) is 6.88. The summed E-state index contributed by atoms with van der Waals surface area (Å²) < 4.78 is 1.93. The van der Waals surface area contributed by atoms with Gasteiger partial charge in [0.1, 0.15) is 12.4 Å². The summed E-state index contributed by atoms with van der Waals surface area (Å²) >= 11 is 1.75. The summed E-state index contributed by atoms with van der Waals surface area (Å²) in [6, 6.07) is 17.4. The molecular weight excluding hydrogens is 328 g/mol. The van der Waals surface area contributed by atoms with Gasteiger partial charge < -0.3 is 5.32 Å². The first-order chi connectivity index (χ1) is 12.3. The van der Waals surface area contributed by atoms with Gasteiger partial charge in [0.15, 0.2) is 0 Å². The zero-order valence-electron chi connectivity index (χ0n) is 14.3. The van der Waals surface area contributed by atoms with Gasteiger partial charge in [0.25, 0.3) is 0 Å². The number of nitrogens with one attached hydrogen (secondary N) is 1. The Morgan fingerprint density at radius 1 is 1.08 bits per heavy atom. The fourth-order valence-corrected chi connectivity index (χ4v) is 3.47. The predicted molar refractivity (Wildman–Crippen MR) is 104 cm³/mol. The van der Waals surface area contributed by atoms with Crippen molar-refractivity contribution in [3.8, 4) is 0 Å².